The molecule has 0 spiro atoms. The molecule has 1 amide bonds. The number of amides is 1. The van der Waals surface area contributed by atoms with Gasteiger partial charge in [0.15, 0.2) is 0 Å². The molecule has 18 heavy (non-hydrogen) atoms. The second-order valence-electron chi connectivity index (χ2n) is 5.03. The molecule has 1 atom stereocenters. The molecule has 98 valence electrons. The zero-order valence-electron chi connectivity index (χ0n) is 11.0. The van der Waals surface area contributed by atoms with E-state index in [1.165, 1.54) is 0 Å². The Morgan fingerprint density at radius 1 is 1.50 bits per heavy atom. The van der Waals surface area contributed by atoms with Crippen LogP contribution in [0, 0.1) is 5.41 Å². The second-order valence-corrected chi connectivity index (χ2v) is 5.03. The third-order valence-corrected chi connectivity index (χ3v) is 3.47. The largest absolute Gasteiger partial charge is 0.497 e. The van der Waals surface area contributed by atoms with Crippen molar-refractivity contribution in [2.24, 2.45) is 5.41 Å². The lowest BCUT2D eigenvalue weighted by Crippen LogP contribution is -2.46. The minimum atomic E-state index is -0.318. The van der Waals surface area contributed by atoms with Gasteiger partial charge >= 0.3 is 0 Å². The molecule has 1 heterocycles. The molecule has 2 N–H and O–H groups in total. The molecule has 1 aliphatic heterocycles. The van der Waals surface area contributed by atoms with Crippen LogP contribution in [0.1, 0.15) is 19.8 Å². The lowest BCUT2D eigenvalue weighted by molar-refractivity contribution is -0.125. The molecule has 1 aromatic rings. The normalized spacial score (nSPS) is 23.4. The Kier molecular flexibility index (Phi) is 3.87. The fraction of sp³-hybridized carbons (Fsp3) is 0.500. The molecule has 4 nitrogen and oxygen atoms in total. The molecule has 0 aromatic heterocycles. The average Bonchev–Trinajstić information content (AvgIpc) is 2.40. The van der Waals surface area contributed by atoms with E-state index in [0.29, 0.717) is 0 Å². The van der Waals surface area contributed by atoms with Gasteiger partial charge in [0.25, 0.3) is 0 Å². The number of carbonyl (C=O) groups is 1. The van der Waals surface area contributed by atoms with E-state index < -0.39 is 0 Å². The van der Waals surface area contributed by atoms with Crippen molar-refractivity contribution in [1.29, 1.82) is 0 Å². The van der Waals surface area contributed by atoms with Crippen LogP contribution in [-0.2, 0) is 4.79 Å². The number of methoxy groups -OCH3 is 1. The van der Waals surface area contributed by atoms with Crippen molar-refractivity contribution in [2.75, 3.05) is 25.5 Å². The van der Waals surface area contributed by atoms with E-state index in [1.807, 2.05) is 31.2 Å². The number of nitrogens with one attached hydrogen (secondary N) is 2. The smallest absolute Gasteiger partial charge is 0.231 e. The molecule has 2 rings (SSSR count). The van der Waals surface area contributed by atoms with Crippen LogP contribution >= 0.6 is 0 Å². The van der Waals surface area contributed by atoms with Crippen molar-refractivity contribution >= 4 is 11.6 Å². The van der Waals surface area contributed by atoms with Crippen LogP contribution in [0.25, 0.3) is 0 Å². The summed E-state index contributed by atoms with van der Waals surface area (Å²) in [5.41, 5.74) is 0.465. The van der Waals surface area contributed by atoms with E-state index in [9.17, 15) is 4.79 Å². The summed E-state index contributed by atoms with van der Waals surface area (Å²) in [6, 6.07) is 7.44. The molecule has 0 radical (unpaired) electrons. The van der Waals surface area contributed by atoms with E-state index in [2.05, 4.69) is 10.6 Å². The maximum absolute atomic E-state index is 12.3. The highest BCUT2D eigenvalue weighted by Gasteiger charge is 2.34. The monoisotopic (exact) mass is 248 g/mol. The standard InChI is InChI=1S/C14H20N2O2/c1-14(7-4-8-15-10-14)13(17)16-11-5-3-6-12(9-11)18-2/h3,5-6,9,15H,4,7-8,10H2,1-2H3,(H,16,17). The van der Waals surface area contributed by atoms with Crippen LogP contribution in [0.3, 0.4) is 0 Å². The lowest BCUT2D eigenvalue weighted by Gasteiger charge is -2.32. The SMILES string of the molecule is COc1cccc(NC(=O)C2(C)CCCNC2)c1. The fourth-order valence-electron chi connectivity index (χ4n) is 2.23. The Morgan fingerprint density at radius 2 is 2.33 bits per heavy atom. The molecule has 1 saturated heterocycles. The summed E-state index contributed by atoms with van der Waals surface area (Å²) in [6.45, 7) is 3.75. The van der Waals surface area contributed by atoms with E-state index in [1.54, 1.807) is 7.11 Å². The zero-order chi connectivity index (χ0) is 13.0. The Balaban J connectivity index is 2.05. The quantitative estimate of drug-likeness (QED) is 0.860. The number of piperidine rings is 1. The number of hydrogen-bond donors (Lipinski definition) is 2. The number of ether oxygens (including phenoxy) is 1. The molecule has 1 aliphatic rings. The minimum Gasteiger partial charge on any atom is -0.497 e. The van der Waals surface area contributed by atoms with Crippen LogP contribution in [0.2, 0.25) is 0 Å². The summed E-state index contributed by atoms with van der Waals surface area (Å²) in [5, 5.41) is 6.25. The molecular formula is C14H20N2O2. The minimum absolute atomic E-state index is 0.0722. The highest BCUT2D eigenvalue weighted by Crippen LogP contribution is 2.27. The van der Waals surface area contributed by atoms with Gasteiger partial charge in [-0.15, -0.1) is 0 Å². The lowest BCUT2D eigenvalue weighted by atomic mass is 9.82. The van der Waals surface area contributed by atoms with Gasteiger partial charge in [-0.1, -0.05) is 6.07 Å². The van der Waals surface area contributed by atoms with Crippen molar-refractivity contribution in [3.8, 4) is 5.75 Å². The van der Waals surface area contributed by atoms with Crippen LogP contribution in [-0.4, -0.2) is 26.1 Å². The summed E-state index contributed by atoms with van der Waals surface area (Å²) in [5.74, 6) is 0.822. The van der Waals surface area contributed by atoms with E-state index in [0.717, 1.165) is 37.4 Å². The van der Waals surface area contributed by atoms with Gasteiger partial charge in [0, 0.05) is 18.3 Å². The third kappa shape index (κ3) is 2.82. The molecule has 4 heteroatoms. The van der Waals surface area contributed by atoms with E-state index in [4.69, 9.17) is 4.74 Å². The van der Waals surface area contributed by atoms with Gasteiger partial charge in [0.2, 0.25) is 5.91 Å². The molecule has 1 aromatic carbocycles. The molecule has 0 bridgehead atoms. The molecular weight excluding hydrogens is 228 g/mol. The number of benzene rings is 1. The van der Waals surface area contributed by atoms with Crippen LogP contribution in [0.5, 0.6) is 5.75 Å². The van der Waals surface area contributed by atoms with Crippen molar-refractivity contribution in [3.05, 3.63) is 24.3 Å². The third-order valence-electron chi connectivity index (χ3n) is 3.47. The predicted octanol–water partition coefficient (Wildman–Crippen LogP) is 2.02. The van der Waals surface area contributed by atoms with Gasteiger partial charge in [0.05, 0.1) is 12.5 Å². The topological polar surface area (TPSA) is 50.4 Å². The molecule has 0 saturated carbocycles. The highest BCUT2D eigenvalue weighted by atomic mass is 16.5. The van der Waals surface area contributed by atoms with Gasteiger partial charge < -0.3 is 15.4 Å². The van der Waals surface area contributed by atoms with Crippen LogP contribution in [0.4, 0.5) is 5.69 Å². The molecule has 1 fully saturated rings. The number of rotatable bonds is 3. The Labute approximate surface area is 108 Å². The Bertz CT molecular complexity index is 426. The molecule has 0 aliphatic carbocycles. The highest BCUT2D eigenvalue weighted by molar-refractivity contribution is 5.95. The van der Waals surface area contributed by atoms with Crippen molar-refractivity contribution < 1.29 is 9.53 Å². The van der Waals surface area contributed by atoms with Gasteiger partial charge in [-0.2, -0.15) is 0 Å². The summed E-state index contributed by atoms with van der Waals surface area (Å²) in [4.78, 5) is 12.3. The fourth-order valence-corrected chi connectivity index (χ4v) is 2.23. The molecule has 1 unspecified atom stereocenters. The zero-order valence-corrected chi connectivity index (χ0v) is 11.0. The Hall–Kier alpha value is -1.55. The summed E-state index contributed by atoms with van der Waals surface area (Å²) >= 11 is 0. The van der Waals surface area contributed by atoms with E-state index >= 15 is 0 Å². The summed E-state index contributed by atoms with van der Waals surface area (Å²) in [6.07, 6.45) is 1.97. The van der Waals surface area contributed by atoms with Gasteiger partial charge in [0.1, 0.15) is 5.75 Å². The first-order chi connectivity index (χ1) is 8.64. The Morgan fingerprint density at radius 3 is 3.00 bits per heavy atom. The second kappa shape index (κ2) is 5.40. The van der Waals surface area contributed by atoms with E-state index in [-0.39, 0.29) is 11.3 Å². The summed E-state index contributed by atoms with van der Waals surface area (Å²) in [7, 11) is 1.62. The van der Waals surface area contributed by atoms with Crippen LogP contribution < -0.4 is 15.4 Å². The predicted molar refractivity (Wildman–Crippen MR) is 71.8 cm³/mol. The average molecular weight is 248 g/mol. The number of carbonyl (C=O) groups excluding carboxylic acids is 1. The van der Waals surface area contributed by atoms with Crippen molar-refractivity contribution in [2.45, 2.75) is 19.8 Å². The first kappa shape index (κ1) is 12.9. The van der Waals surface area contributed by atoms with Gasteiger partial charge in [-0.3, -0.25) is 4.79 Å². The maximum atomic E-state index is 12.3. The first-order valence-corrected chi connectivity index (χ1v) is 6.30. The van der Waals surface area contributed by atoms with Crippen molar-refractivity contribution in [1.82, 2.24) is 5.32 Å². The van der Waals surface area contributed by atoms with Gasteiger partial charge in [-0.25, -0.2) is 0 Å². The maximum Gasteiger partial charge on any atom is 0.231 e. The number of hydrogen-bond acceptors (Lipinski definition) is 3. The van der Waals surface area contributed by atoms with Gasteiger partial charge in [-0.05, 0) is 38.4 Å². The summed E-state index contributed by atoms with van der Waals surface area (Å²) < 4.78 is 5.14. The van der Waals surface area contributed by atoms with Crippen molar-refractivity contribution in [3.63, 3.8) is 0 Å². The first-order valence-electron chi connectivity index (χ1n) is 6.30. The number of anilines is 1. The van der Waals surface area contributed by atoms with Crippen LogP contribution in [0.15, 0.2) is 24.3 Å².